The van der Waals surface area contributed by atoms with Gasteiger partial charge in [0.15, 0.2) is 5.78 Å². The molecular formula is C27H30N2O5S. The third-order valence-electron chi connectivity index (χ3n) is 5.45. The molecule has 8 heteroatoms. The summed E-state index contributed by atoms with van der Waals surface area (Å²) in [5.41, 5.74) is 2.30. The zero-order valence-corrected chi connectivity index (χ0v) is 21.3. The van der Waals surface area contributed by atoms with Gasteiger partial charge in [-0.15, -0.1) is 0 Å². The predicted molar refractivity (Wildman–Crippen MR) is 137 cm³/mol. The van der Waals surface area contributed by atoms with E-state index in [2.05, 4.69) is 30.8 Å². The normalized spacial score (nSPS) is 11.6. The van der Waals surface area contributed by atoms with Crippen molar-refractivity contribution >= 4 is 27.4 Å². The summed E-state index contributed by atoms with van der Waals surface area (Å²) in [6.07, 6.45) is 0. The van der Waals surface area contributed by atoms with Crippen LogP contribution in [-0.4, -0.2) is 33.8 Å². The van der Waals surface area contributed by atoms with Crippen LogP contribution < -0.4 is 14.8 Å². The lowest BCUT2D eigenvalue weighted by Crippen LogP contribution is -2.24. The van der Waals surface area contributed by atoms with Crippen molar-refractivity contribution in [2.45, 2.75) is 38.0 Å². The average Bonchev–Trinajstić information content (AvgIpc) is 2.82. The highest BCUT2D eigenvalue weighted by molar-refractivity contribution is 7.92. The fourth-order valence-corrected chi connectivity index (χ4v) is 4.59. The number of carbonyl (C=O) groups is 2. The van der Waals surface area contributed by atoms with Gasteiger partial charge in [-0.25, -0.2) is 8.42 Å². The van der Waals surface area contributed by atoms with E-state index in [1.165, 1.54) is 31.4 Å². The number of sulfonamides is 1. The Morgan fingerprint density at radius 1 is 0.914 bits per heavy atom. The van der Waals surface area contributed by atoms with E-state index in [9.17, 15) is 18.0 Å². The van der Waals surface area contributed by atoms with Crippen molar-refractivity contribution in [1.82, 2.24) is 5.32 Å². The second-order valence-electron chi connectivity index (χ2n) is 9.06. The van der Waals surface area contributed by atoms with Crippen LogP contribution >= 0.6 is 0 Å². The van der Waals surface area contributed by atoms with Crippen LogP contribution in [0.3, 0.4) is 0 Å². The molecular weight excluding hydrogens is 464 g/mol. The van der Waals surface area contributed by atoms with Crippen LogP contribution in [0.15, 0.2) is 71.6 Å². The molecule has 0 fully saturated rings. The highest BCUT2D eigenvalue weighted by Gasteiger charge is 2.21. The Hall–Kier alpha value is -3.65. The molecule has 35 heavy (non-hydrogen) atoms. The number of rotatable bonds is 8. The Labute approximate surface area is 206 Å². The number of hydrogen-bond acceptors (Lipinski definition) is 5. The van der Waals surface area contributed by atoms with E-state index in [4.69, 9.17) is 4.74 Å². The quantitative estimate of drug-likeness (QED) is 0.439. The van der Waals surface area contributed by atoms with Gasteiger partial charge >= 0.3 is 0 Å². The first-order valence-electron chi connectivity index (χ1n) is 11.2. The van der Waals surface area contributed by atoms with Gasteiger partial charge in [0.2, 0.25) is 0 Å². The van der Waals surface area contributed by atoms with Crippen LogP contribution in [0.2, 0.25) is 0 Å². The predicted octanol–water partition coefficient (Wildman–Crippen LogP) is 4.77. The number of ketones is 1. The van der Waals surface area contributed by atoms with Gasteiger partial charge in [-0.05, 0) is 48.2 Å². The van der Waals surface area contributed by atoms with E-state index in [0.717, 1.165) is 5.56 Å². The maximum Gasteiger partial charge on any atom is 0.261 e. The fraction of sp³-hybridized carbons (Fsp3) is 0.259. The van der Waals surface area contributed by atoms with Gasteiger partial charge in [-0.3, -0.25) is 14.3 Å². The first-order chi connectivity index (χ1) is 16.5. The summed E-state index contributed by atoms with van der Waals surface area (Å²) in [5, 5.41) is 2.64. The van der Waals surface area contributed by atoms with Gasteiger partial charge in [-0.2, -0.15) is 0 Å². The van der Waals surface area contributed by atoms with Crippen LogP contribution in [0, 0.1) is 0 Å². The Bertz CT molecular complexity index is 1340. The second-order valence-corrected chi connectivity index (χ2v) is 10.7. The van der Waals surface area contributed by atoms with Gasteiger partial charge < -0.3 is 10.1 Å². The molecule has 0 aliphatic rings. The smallest absolute Gasteiger partial charge is 0.261 e. The third-order valence-corrected chi connectivity index (χ3v) is 6.83. The standard InChI is InChI=1S/C27H30N2O5S/c1-6-28-26(31)23-17-22(14-15-24(23)34-5)35(32,33)29-21-9-7-8-19(16-21)25(30)18-10-12-20(13-11-18)27(2,3)4/h7-17,29H,6H2,1-5H3,(H,28,31). The molecule has 0 aromatic heterocycles. The molecule has 0 saturated carbocycles. The Balaban J connectivity index is 1.87. The minimum absolute atomic E-state index is 0.0295. The van der Waals surface area contributed by atoms with Crippen LogP contribution in [0.4, 0.5) is 5.69 Å². The summed E-state index contributed by atoms with van der Waals surface area (Å²) in [6, 6.07) is 17.8. The lowest BCUT2D eigenvalue weighted by molar-refractivity contribution is 0.0951. The number of carbonyl (C=O) groups excluding carboxylic acids is 2. The first kappa shape index (κ1) is 26.0. The minimum Gasteiger partial charge on any atom is -0.496 e. The topological polar surface area (TPSA) is 102 Å². The number of methoxy groups -OCH3 is 1. The maximum absolute atomic E-state index is 13.0. The summed E-state index contributed by atoms with van der Waals surface area (Å²) >= 11 is 0. The highest BCUT2D eigenvalue weighted by atomic mass is 32.2. The summed E-state index contributed by atoms with van der Waals surface area (Å²) in [4.78, 5) is 25.3. The molecule has 0 bridgehead atoms. The van der Waals surface area contributed by atoms with E-state index >= 15 is 0 Å². The zero-order chi connectivity index (χ0) is 25.8. The molecule has 0 spiro atoms. The summed E-state index contributed by atoms with van der Waals surface area (Å²) in [6.45, 7) is 8.45. The number of ether oxygens (including phenoxy) is 1. The molecule has 1 amide bonds. The van der Waals surface area contributed by atoms with Crippen molar-refractivity contribution in [2.24, 2.45) is 0 Å². The number of amides is 1. The molecule has 0 unspecified atom stereocenters. The third kappa shape index (κ3) is 6.08. The maximum atomic E-state index is 13.0. The second kappa shape index (κ2) is 10.3. The molecule has 0 heterocycles. The van der Waals surface area contributed by atoms with Crippen molar-refractivity contribution in [1.29, 1.82) is 0 Å². The van der Waals surface area contributed by atoms with Crippen molar-refractivity contribution in [2.75, 3.05) is 18.4 Å². The molecule has 0 aliphatic heterocycles. The summed E-state index contributed by atoms with van der Waals surface area (Å²) in [7, 11) is -2.63. The van der Waals surface area contributed by atoms with Crippen LogP contribution in [-0.2, 0) is 15.4 Å². The van der Waals surface area contributed by atoms with Crippen LogP contribution in [0.25, 0.3) is 0 Å². The van der Waals surface area contributed by atoms with E-state index in [0.29, 0.717) is 17.7 Å². The van der Waals surface area contributed by atoms with Crippen molar-refractivity contribution in [3.8, 4) is 5.75 Å². The summed E-state index contributed by atoms with van der Waals surface area (Å²) in [5.74, 6) is -0.388. The van der Waals surface area contributed by atoms with Gasteiger partial charge in [0.1, 0.15) is 5.75 Å². The molecule has 7 nitrogen and oxygen atoms in total. The number of hydrogen-bond donors (Lipinski definition) is 2. The van der Waals surface area contributed by atoms with Gasteiger partial charge in [0, 0.05) is 23.4 Å². The molecule has 184 valence electrons. The molecule has 0 aliphatic carbocycles. The molecule has 0 atom stereocenters. The molecule has 0 saturated heterocycles. The first-order valence-corrected chi connectivity index (χ1v) is 12.7. The van der Waals surface area contributed by atoms with E-state index in [-0.39, 0.29) is 33.1 Å². The van der Waals surface area contributed by atoms with Crippen molar-refractivity contribution in [3.05, 3.63) is 89.0 Å². The fourth-order valence-electron chi connectivity index (χ4n) is 3.51. The van der Waals surface area contributed by atoms with Crippen molar-refractivity contribution < 1.29 is 22.7 Å². The van der Waals surface area contributed by atoms with E-state index in [1.807, 2.05) is 12.1 Å². The Morgan fingerprint density at radius 3 is 2.20 bits per heavy atom. The number of anilines is 1. The zero-order valence-electron chi connectivity index (χ0n) is 20.5. The molecule has 3 aromatic rings. The molecule has 2 N–H and O–H groups in total. The average molecular weight is 495 g/mol. The van der Waals surface area contributed by atoms with Crippen LogP contribution in [0.1, 0.15) is 59.5 Å². The molecule has 0 radical (unpaired) electrons. The number of benzene rings is 3. The van der Waals surface area contributed by atoms with Gasteiger partial charge in [-0.1, -0.05) is 57.2 Å². The highest BCUT2D eigenvalue weighted by Crippen LogP contribution is 2.26. The molecule has 3 aromatic carbocycles. The Morgan fingerprint density at radius 2 is 1.60 bits per heavy atom. The minimum atomic E-state index is -4.04. The van der Waals surface area contributed by atoms with Gasteiger partial charge in [0.05, 0.1) is 17.6 Å². The van der Waals surface area contributed by atoms with Gasteiger partial charge in [0.25, 0.3) is 15.9 Å². The van der Waals surface area contributed by atoms with E-state index < -0.39 is 15.9 Å². The van der Waals surface area contributed by atoms with Crippen molar-refractivity contribution in [3.63, 3.8) is 0 Å². The SMILES string of the molecule is CCNC(=O)c1cc(S(=O)(=O)Nc2cccc(C(=O)c3ccc(C(C)(C)C)cc3)c2)ccc1OC. The summed E-state index contributed by atoms with van der Waals surface area (Å²) < 4.78 is 33.8. The molecule has 3 rings (SSSR count). The van der Waals surface area contributed by atoms with Crippen LogP contribution in [0.5, 0.6) is 5.75 Å². The number of nitrogens with one attached hydrogen (secondary N) is 2. The lowest BCUT2D eigenvalue weighted by atomic mass is 9.86. The largest absolute Gasteiger partial charge is 0.496 e. The monoisotopic (exact) mass is 494 g/mol. The lowest BCUT2D eigenvalue weighted by Gasteiger charge is -2.19. The Kier molecular flexibility index (Phi) is 7.65. The van der Waals surface area contributed by atoms with E-state index in [1.54, 1.807) is 37.3 Å².